The molecule has 3 N–H and O–H groups in total. The monoisotopic (exact) mass is 529 g/mol. The van der Waals surface area contributed by atoms with Crippen LogP contribution in [0.15, 0.2) is 29.8 Å². The summed E-state index contributed by atoms with van der Waals surface area (Å²) < 4.78 is 0. The Morgan fingerprint density at radius 3 is 2.38 bits per heavy atom. The van der Waals surface area contributed by atoms with Crippen LogP contribution in [-0.4, -0.2) is 83.1 Å². The van der Waals surface area contributed by atoms with Crippen LogP contribution < -0.4 is 10.6 Å². The molecular weight excluding hydrogens is 486 g/mol. The highest BCUT2D eigenvalue weighted by Crippen LogP contribution is 2.30. The molecule has 1 saturated heterocycles. The zero-order valence-corrected chi connectivity index (χ0v) is 24.2. The number of aliphatic hydroxyl groups excluding tert-OH is 1. The predicted molar refractivity (Wildman–Crippen MR) is 149 cm³/mol. The summed E-state index contributed by atoms with van der Waals surface area (Å²) in [5.41, 5.74) is 4.58. The van der Waals surface area contributed by atoms with Crippen LogP contribution in [0.5, 0.6) is 0 Å². The first kappa shape index (κ1) is 29.2. The van der Waals surface area contributed by atoms with E-state index in [2.05, 4.69) is 27.8 Å². The number of rotatable bonds is 9. The Kier molecular flexibility index (Phi) is 9.50. The standard InChI is InChI=1S/C28H43N5O3S/c1-17(2)30-25(28(4,5)6)27(36)33-14-21(34)13-23(33)26(35)31-22(15-32(7)8)19-9-11-20(12-10-19)24-18(3)29-16-37-24/h9-12,16-17,21-23,25,30,34H,13-15H2,1-8H3,(H,31,35). The molecule has 4 unspecified atom stereocenters. The maximum atomic E-state index is 13.7. The first-order valence-corrected chi connectivity index (χ1v) is 13.9. The third-order valence-electron chi connectivity index (χ3n) is 6.66. The number of aryl methyl sites for hydroxylation is 1. The Balaban J connectivity index is 1.81. The summed E-state index contributed by atoms with van der Waals surface area (Å²) in [5, 5.41) is 17.0. The van der Waals surface area contributed by atoms with Crippen molar-refractivity contribution in [3.63, 3.8) is 0 Å². The summed E-state index contributed by atoms with van der Waals surface area (Å²) in [4.78, 5) is 36.3. The van der Waals surface area contributed by atoms with Gasteiger partial charge >= 0.3 is 0 Å². The zero-order valence-electron chi connectivity index (χ0n) is 23.4. The normalized spacial score (nSPS) is 19.9. The number of likely N-dealkylation sites (tertiary alicyclic amines) is 1. The minimum Gasteiger partial charge on any atom is -0.391 e. The third-order valence-corrected chi connectivity index (χ3v) is 7.64. The molecule has 204 valence electrons. The van der Waals surface area contributed by atoms with Crippen molar-refractivity contribution in [3.8, 4) is 10.4 Å². The Bertz CT molecular complexity index is 1060. The minimum atomic E-state index is -0.728. The fourth-order valence-electron chi connectivity index (χ4n) is 4.81. The number of hydrogen-bond acceptors (Lipinski definition) is 7. The number of β-amino-alcohol motifs (C(OH)–C–C–N with tert-alkyl or cyclic N) is 1. The molecule has 8 nitrogen and oxygen atoms in total. The summed E-state index contributed by atoms with van der Waals surface area (Å²) in [5.74, 6) is -0.386. The lowest BCUT2D eigenvalue weighted by molar-refractivity contribution is -0.142. The topological polar surface area (TPSA) is 97.8 Å². The number of aromatic nitrogens is 1. The van der Waals surface area contributed by atoms with E-state index in [0.717, 1.165) is 21.7 Å². The zero-order chi connectivity index (χ0) is 27.5. The lowest BCUT2D eigenvalue weighted by Crippen LogP contribution is -2.58. The maximum Gasteiger partial charge on any atom is 0.243 e. The fourth-order valence-corrected chi connectivity index (χ4v) is 5.62. The third kappa shape index (κ3) is 7.37. The van der Waals surface area contributed by atoms with Gasteiger partial charge in [-0.25, -0.2) is 4.98 Å². The van der Waals surface area contributed by atoms with E-state index in [1.54, 1.807) is 16.2 Å². The van der Waals surface area contributed by atoms with E-state index in [1.165, 1.54) is 0 Å². The summed E-state index contributed by atoms with van der Waals surface area (Å²) >= 11 is 1.61. The molecule has 0 radical (unpaired) electrons. The van der Waals surface area contributed by atoms with Crippen LogP contribution in [0, 0.1) is 12.3 Å². The van der Waals surface area contributed by atoms with E-state index in [4.69, 9.17) is 0 Å². The first-order valence-electron chi connectivity index (χ1n) is 13.0. The van der Waals surface area contributed by atoms with Gasteiger partial charge in [0.25, 0.3) is 0 Å². The highest BCUT2D eigenvalue weighted by molar-refractivity contribution is 7.13. The number of nitrogens with zero attached hydrogens (tertiary/aromatic N) is 3. The molecule has 1 aliphatic rings. The van der Waals surface area contributed by atoms with Crippen LogP contribution in [0.2, 0.25) is 0 Å². The number of aliphatic hydroxyl groups is 1. The van der Waals surface area contributed by atoms with Gasteiger partial charge in [0.05, 0.1) is 34.3 Å². The van der Waals surface area contributed by atoms with Crippen molar-refractivity contribution in [2.24, 2.45) is 5.41 Å². The molecule has 3 rings (SSSR count). The maximum absolute atomic E-state index is 13.7. The highest BCUT2D eigenvalue weighted by atomic mass is 32.1. The van der Waals surface area contributed by atoms with E-state index in [0.29, 0.717) is 6.54 Å². The number of carbonyl (C=O) groups excluding carboxylic acids is 2. The molecule has 1 aromatic carbocycles. The van der Waals surface area contributed by atoms with Gasteiger partial charge in [0.2, 0.25) is 11.8 Å². The Morgan fingerprint density at radius 1 is 1.22 bits per heavy atom. The number of hydrogen-bond donors (Lipinski definition) is 3. The molecular formula is C28H43N5O3S. The Labute approximate surface area is 225 Å². The second-order valence-electron chi connectivity index (χ2n) is 11.7. The largest absolute Gasteiger partial charge is 0.391 e. The first-order chi connectivity index (χ1) is 17.3. The predicted octanol–water partition coefficient (Wildman–Crippen LogP) is 3.21. The SMILES string of the molecule is Cc1ncsc1-c1ccc(C(CN(C)C)NC(=O)C2CC(O)CN2C(=O)C(NC(C)C)C(C)(C)C)cc1. The number of likely N-dealkylation sites (N-methyl/N-ethyl adjacent to an activating group) is 1. The van der Waals surface area contributed by atoms with Crippen LogP contribution in [-0.2, 0) is 9.59 Å². The second kappa shape index (κ2) is 12.0. The molecule has 9 heteroatoms. The van der Waals surface area contributed by atoms with Crippen molar-refractivity contribution in [3.05, 3.63) is 41.0 Å². The molecule has 1 aromatic heterocycles. The average Bonchev–Trinajstić information content (AvgIpc) is 3.41. The van der Waals surface area contributed by atoms with Gasteiger partial charge in [-0.3, -0.25) is 9.59 Å². The molecule has 4 atom stereocenters. The second-order valence-corrected chi connectivity index (χ2v) is 12.6. The van der Waals surface area contributed by atoms with E-state index >= 15 is 0 Å². The van der Waals surface area contributed by atoms with Crippen molar-refractivity contribution in [1.82, 2.24) is 25.4 Å². The summed E-state index contributed by atoms with van der Waals surface area (Å²) in [6, 6.07) is 6.86. The van der Waals surface area contributed by atoms with Crippen LogP contribution in [0.4, 0.5) is 0 Å². The van der Waals surface area contributed by atoms with Gasteiger partial charge < -0.3 is 25.5 Å². The number of nitrogens with one attached hydrogen (secondary N) is 2. The van der Waals surface area contributed by atoms with E-state index < -0.39 is 18.2 Å². The smallest absolute Gasteiger partial charge is 0.243 e. The van der Waals surface area contributed by atoms with Crippen LogP contribution in [0.3, 0.4) is 0 Å². The van der Waals surface area contributed by atoms with E-state index in [1.807, 2.05) is 78.2 Å². The molecule has 2 aromatic rings. The van der Waals surface area contributed by atoms with Crippen molar-refractivity contribution in [1.29, 1.82) is 0 Å². The summed E-state index contributed by atoms with van der Waals surface area (Å²) in [7, 11) is 3.93. The molecule has 2 amide bonds. The van der Waals surface area contributed by atoms with Crippen LogP contribution >= 0.6 is 11.3 Å². The van der Waals surface area contributed by atoms with Crippen LogP contribution in [0.1, 0.15) is 58.3 Å². The van der Waals surface area contributed by atoms with Gasteiger partial charge in [-0.2, -0.15) is 0 Å². The lowest BCUT2D eigenvalue weighted by Gasteiger charge is -2.37. The summed E-state index contributed by atoms with van der Waals surface area (Å²) in [6.45, 7) is 12.8. The lowest BCUT2D eigenvalue weighted by atomic mass is 9.85. The highest BCUT2D eigenvalue weighted by Gasteiger charge is 2.44. The molecule has 37 heavy (non-hydrogen) atoms. The molecule has 0 saturated carbocycles. The van der Waals surface area contributed by atoms with Gasteiger partial charge in [0, 0.05) is 25.6 Å². The number of benzene rings is 1. The Morgan fingerprint density at radius 2 is 1.86 bits per heavy atom. The van der Waals surface area contributed by atoms with Crippen molar-refractivity contribution in [2.45, 2.75) is 78.2 Å². The van der Waals surface area contributed by atoms with Crippen molar-refractivity contribution < 1.29 is 14.7 Å². The fraction of sp³-hybridized carbons (Fsp3) is 0.607. The average molecular weight is 530 g/mol. The van der Waals surface area contributed by atoms with Gasteiger partial charge in [-0.05, 0) is 37.6 Å². The van der Waals surface area contributed by atoms with Crippen LogP contribution in [0.25, 0.3) is 10.4 Å². The van der Waals surface area contributed by atoms with Gasteiger partial charge in [-0.1, -0.05) is 58.9 Å². The van der Waals surface area contributed by atoms with Gasteiger partial charge in [0.15, 0.2) is 0 Å². The summed E-state index contributed by atoms with van der Waals surface area (Å²) in [6.07, 6.45) is -0.498. The molecule has 0 aliphatic carbocycles. The number of thiazole rings is 1. The van der Waals surface area contributed by atoms with E-state index in [9.17, 15) is 14.7 Å². The minimum absolute atomic E-state index is 0.106. The van der Waals surface area contributed by atoms with Crippen molar-refractivity contribution >= 4 is 23.2 Å². The van der Waals surface area contributed by atoms with Gasteiger partial charge in [-0.15, -0.1) is 11.3 Å². The molecule has 1 fully saturated rings. The molecule has 1 aliphatic heterocycles. The van der Waals surface area contributed by atoms with Crippen molar-refractivity contribution in [2.75, 3.05) is 27.2 Å². The number of carbonyl (C=O) groups is 2. The quantitative estimate of drug-likeness (QED) is 0.462. The number of amides is 2. The van der Waals surface area contributed by atoms with Gasteiger partial charge in [0.1, 0.15) is 6.04 Å². The molecule has 2 heterocycles. The molecule has 0 spiro atoms. The Hall–Kier alpha value is -2.33. The van der Waals surface area contributed by atoms with E-state index in [-0.39, 0.29) is 42.3 Å². The molecule has 0 bridgehead atoms.